The maximum atomic E-state index is 3.50. The van der Waals surface area contributed by atoms with E-state index in [9.17, 15) is 0 Å². The Labute approximate surface area is 91.3 Å². The zero-order valence-electron chi connectivity index (χ0n) is 9.02. The van der Waals surface area contributed by atoms with E-state index in [1.165, 1.54) is 31.6 Å². The molecule has 0 aliphatic carbocycles. The molecule has 2 heterocycles. The van der Waals surface area contributed by atoms with Gasteiger partial charge in [-0.15, -0.1) is 0 Å². The molecule has 2 aliphatic heterocycles. The van der Waals surface area contributed by atoms with Gasteiger partial charge in [0.05, 0.1) is 0 Å². The summed E-state index contributed by atoms with van der Waals surface area (Å²) in [4.78, 5) is 2.64. The Kier molecular flexibility index (Phi) is 2.47. The average Bonchev–Trinajstić information content (AvgIpc) is 2.85. The third-order valence-electron chi connectivity index (χ3n) is 3.79. The predicted molar refractivity (Wildman–Crippen MR) is 61.6 cm³/mol. The Morgan fingerprint density at radius 3 is 2.93 bits per heavy atom. The van der Waals surface area contributed by atoms with Gasteiger partial charge in [0.2, 0.25) is 0 Å². The minimum absolute atomic E-state index is 0.796. The summed E-state index contributed by atoms with van der Waals surface area (Å²) in [5, 5.41) is 3.50. The first-order valence-electron chi connectivity index (χ1n) is 5.92. The highest BCUT2D eigenvalue weighted by Gasteiger charge is 2.36. The molecule has 0 spiro atoms. The van der Waals surface area contributed by atoms with Crippen molar-refractivity contribution in [2.24, 2.45) is 5.92 Å². The maximum absolute atomic E-state index is 3.50. The SMILES string of the molecule is c1ccc(CN2CCC3CNCC32)cc1. The summed E-state index contributed by atoms with van der Waals surface area (Å²) in [6, 6.07) is 11.6. The summed E-state index contributed by atoms with van der Waals surface area (Å²) >= 11 is 0. The average molecular weight is 202 g/mol. The highest BCUT2D eigenvalue weighted by atomic mass is 15.2. The summed E-state index contributed by atoms with van der Waals surface area (Å²) in [6.07, 6.45) is 1.38. The van der Waals surface area contributed by atoms with Gasteiger partial charge >= 0.3 is 0 Å². The molecular formula is C13H18N2. The molecule has 0 aromatic heterocycles. The van der Waals surface area contributed by atoms with Gasteiger partial charge in [-0.2, -0.15) is 0 Å². The molecule has 0 amide bonds. The fraction of sp³-hybridized carbons (Fsp3) is 0.538. The first-order chi connectivity index (χ1) is 7.43. The predicted octanol–water partition coefficient (Wildman–Crippen LogP) is 1.48. The van der Waals surface area contributed by atoms with Gasteiger partial charge in [-0.3, -0.25) is 4.90 Å². The molecule has 0 radical (unpaired) electrons. The van der Waals surface area contributed by atoms with Crippen LogP contribution in [0.1, 0.15) is 12.0 Å². The zero-order valence-corrected chi connectivity index (χ0v) is 9.02. The molecule has 2 unspecified atom stereocenters. The molecule has 1 aromatic carbocycles. The van der Waals surface area contributed by atoms with Gasteiger partial charge in [-0.1, -0.05) is 30.3 Å². The van der Waals surface area contributed by atoms with Crippen molar-refractivity contribution in [2.45, 2.75) is 19.0 Å². The molecule has 2 saturated heterocycles. The van der Waals surface area contributed by atoms with Crippen LogP contribution in [0.4, 0.5) is 0 Å². The van der Waals surface area contributed by atoms with Crippen molar-refractivity contribution in [1.82, 2.24) is 10.2 Å². The summed E-state index contributed by atoms with van der Waals surface area (Å²) in [5.41, 5.74) is 1.45. The van der Waals surface area contributed by atoms with E-state index in [1.807, 2.05) is 0 Å². The van der Waals surface area contributed by atoms with Crippen LogP contribution in [0.3, 0.4) is 0 Å². The van der Waals surface area contributed by atoms with Gasteiger partial charge in [-0.05, 0) is 31.0 Å². The molecule has 1 N–H and O–H groups in total. The van der Waals surface area contributed by atoms with Crippen LogP contribution in [0, 0.1) is 5.92 Å². The van der Waals surface area contributed by atoms with Gasteiger partial charge in [0.1, 0.15) is 0 Å². The third-order valence-corrected chi connectivity index (χ3v) is 3.79. The minimum Gasteiger partial charge on any atom is -0.315 e. The molecule has 80 valence electrons. The fourth-order valence-corrected chi connectivity index (χ4v) is 2.95. The molecule has 2 fully saturated rings. The Morgan fingerprint density at radius 2 is 2.07 bits per heavy atom. The lowest BCUT2D eigenvalue weighted by atomic mass is 10.1. The van der Waals surface area contributed by atoms with Crippen molar-refractivity contribution in [3.8, 4) is 0 Å². The van der Waals surface area contributed by atoms with E-state index in [-0.39, 0.29) is 0 Å². The lowest BCUT2D eigenvalue weighted by Gasteiger charge is -2.22. The van der Waals surface area contributed by atoms with Crippen LogP contribution in [0.5, 0.6) is 0 Å². The van der Waals surface area contributed by atoms with Crippen molar-refractivity contribution >= 4 is 0 Å². The van der Waals surface area contributed by atoms with Crippen molar-refractivity contribution in [2.75, 3.05) is 19.6 Å². The number of nitrogens with zero attached hydrogens (tertiary/aromatic N) is 1. The molecule has 2 aliphatic rings. The van der Waals surface area contributed by atoms with E-state index in [0.29, 0.717) is 0 Å². The molecule has 2 nitrogen and oxygen atoms in total. The number of benzene rings is 1. The number of nitrogens with one attached hydrogen (secondary N) is 1. The van der Waals surface area contributed by atoms with Crippen molar-refractivity contribution in [3.05, 3.63) is 35.9 Å². The van der Waals surface area contributed by atoms with Gasteiger partial charge in [-0.25, -0.2) is 0 Å². The number of fused-ring (bicyclic) bond motifs is 1. The van der Waals surface area contributed by atoms with Crippen molar-refractivity contribution < 1.29 is 0 Å². The van der Waals surface area contributed by atoms with E-state index < -0.39 is 0 Å². The zero-order chi connectivity index (χ0) is 10.1. The molecular weight excluding hydrogens is 184 g/mol. The molecule has 0 saturated carbocycles. The normalized spacial score (nSPS) is 30.7. The first kappa shape index (κ1) is 9.37. The van der Waals surface area contributed by atoms with E-state index in [2.05, 4.69) is 40.5 Å². The maximum Gasteiger partial charge on any atom is 0.0264 e. The summed E-state index contributed by atoms with van der Waals surface area (Å²) in [6.45, 7) is 4.84. The molecule has 0 bridgehead atoms. The van der Waals surface area contributed by atoms with Crippen LogP contribution in [0.25, 0.3) is 0 Å². The van der Waals surface area contributed by atoms with Crippen LogP contribution < -0.4 is 5.32 Å². The second-order valence-corrected chi connectivity index (χ2v) is 4.73. The van der Waals surface area contributed by atoms with Gasteiger partial charge in [0.15, 0.2) is 0 Å². The monoisotopic (exact) mass is 202 g/mol. The molecule has 3 rings (SSSR count). The van der Waals surface area contributed by atoms with Crippen LogP contribution in [-0.4, -0.2) is 30.6 Å². The topological polar surface area (TPSA) is 15.3 Å². The summed E-state index contributed by atoms with van der Waals surface area (Å²) < 4.78 is 0. The van der Waals surface area contributed by atoms with Gasteiger partial charge in [0.25, 0.3) is 0 Å². The number of hydrogen-bond acceptors (Lipinski definition) is 2. The largest absolute Gasteiger partial charge is 0.315 e. The highest BCUT2D eigenvalue weighted by Crippen LogP contribution is 2.28. The van der Waals surface area contributed by atoms with E-state index in [1.54, 1.807) is 0 Å². The van der Waals surface area contributed by atoms with Gasteiger partial charge in [0, 0.05) is 19.1 Å². The number of hydrogen-bond donors (Lipinski definition) is 1. The van der Waals surface area contributed by atoms with Crippen LogP contribution in [-0.2, 0) is 6.54 Å². The minimum atomic E-state index is 0.796. The smallest absolute Gasteiger partial charge is 0.0264 e. The van der Waals surface area contributed by atoms with Gasteiger partial charge < -0.3 is 5.32 Å². The first-order valence-corrected chi connectivity index (χ1v) is 5.92. The second kappa shape index (κ2) is 3.95. The molecule has 1 aromatic rings. The Hall–Kier alpha value is -0.860. The quantitative estimate of drug-likeness (QED) is 0.781. The third kappa shape index (κ3) is 1.80. The molecule has 2 heteroatoms. The van der Waals surface area contributed by atoms with Crippen molar-refractivity contribution in [3.63, 3.8) is 0 Å². The Balaban J connectivity index is 1.69. The Bertz CT molecular complexity index is 323. The second-order valence-electron chi connectivity index (χ2n) is 4.73. The standard InChI is InChI=1S/C13H18N2/c1-2-4-11(5-3-1)10-15-7-6-12-8-14-9-13(12)15/h1-5,12-14H,6-10H2. The summed E-state index contributed by atoms with van der Waals surface area (Å²) in [5.74, 6) is 0.911. The Morgan fingerprint density at radius 1 is 1.20 bits per heavy atom. The fourth-order valence-electron chi connectivity index (χ4n) is 2.95. The highest BCUT2D eigenvalue weighted by molar-refractivity contribution is 5.15. The lowest BCUT2D eigenvalue weighted by Crippen LogP contribution is -2.33. The van der Waals surface area contributed by atoms with E-state index in [0.717, 1.165) is 18.5 Å². The molecule has 15 heavy (non-hydrogen) atoms. The van der Waals surface area contributed by atoms with Crippen LogP contribution in [0.15, 0.2) is 30.3 Å². The van der Waals surface area contributed by atoms with Crippen LogP contribution in [0.2, 0.25) is 0 Å². The molecule has 2 atom stereocenters. The van der Waals surface area contributed by atoms with E-state index >= 15 is 0 Å². The summed E-state index contributed by atoms with van der Waals surface area (Å²) in [7, 11) is 0. The van der Waals surface area contributed by atoms with E-state index in [4.69, 9.17) is 0 Å². The lowest BCUT2D eigenvalue weighted by molar-refractivity contribution is 0.244. The number of likely N-dealkylation sites (tertiary alicyclic amines) is 1. The number of rotatable bonds is 2. The van der Waals surface area contributed by atoms with Crippen molar-refractivity contribution in [1.29, 1.82) is 0 Å². The van der Waals surface area contributed by atoms with Crippen LogP contribution >= 0.6 is 0 Å².